The second-order valence-electron chi connectivity index (χ2n) is 8.95. The minimum atomic E-state index is -0.196. The maximum absolute atomic E-state index is 13.9. The molecule has 172 valence electrons. The summed E-state index contributed by atoms with van der Waals surface area (Å²) in [6.45, 7) is 0.684. The minimum Gasteiger partial charge on any atom is -0.493 e. The monoisotopic (exact) mass is 446 g/mol. The van der Waals surface area contributed by atoms with Crippen molar-refractivity contribution < 1.29 is 19.1 Å². The van der Waals surface area contributed by atoms with Crippen LogP contribution in [0.15, 0.2) is 48.2 Å². The maximum atomic E-state index is 13.9. The summed E-state index contributed by atoms with van der Waals surface area (Å²) in [7, 11) is 3.16. The third-order valence-electron chi connectivity index (χ3n) is 7.11. The summed E-state index contributed by atoms with van der Waals surface area (Å²) < 4.78 is 10.9. The topological polar surface area (TPSA) is 59.1 Å². The fourth-order valence-corrected chi connectivity index (χ4v) is 5.46. The van der Waals surface area contributed by atoms with Crippen molar-refractivity contribution in [3.63, 3.8) is 0 Å². The van der Waals surface area contributed by atoms with E-state index < -0.39 is 0 Å². The number of anilines is 1. The Labute approximate surface area is 194 Å². The number of hydrogen-bond donors (Lipinski definition) is 0. The molecule has 1 aliphatic carbocycles. The molecule has 6 heteroatoms. The van der Waals surface area contributed by atoms with Crippen LogP contribution in [-0.4, -0.2) is 43.5 Å². The average molecular weight is 447 g/mol. The van der Waals surface area contributed by atoms with Gasteiger partial charge in [0.15, 0.2) is 11.5 Å². The van der Waals surface area contributed by atoms with E-state index in [1.54, 1.807) is 31.3 Å². The van der Waals surface area contributed by atoms with Gasteiger partial charge in [0.1, 0.15) is 5.70 Å². The molecule has 2 amide bonds. The molecule has 2 heterocycles. The lowest BCUT2D eigenvalue weighted by atomic mass is 10.0. The van der Waals surface area contributed by atoms with Crippen LogP contribution in [0.1, 0.15) is 49.7 Å². The Morgan fingerprint density at radius 2 is 1.58 bits per heavy atom. The highest BCUT2D eigenvalue weighted by atomic mass is 16.5. The van der Waals surface area contributed by atoms with Crippen molar-refractivity contribution in [2.24, 2.45) is 0 Å². The molecule has 0 unspecified atom stereocenters. The molecule has 2 aliphatic heterocycles. The van der Waals surface area contributed by atoms with Crippen molar-refractivity contribution in [1.29, 1.82) is 0 Å². The third kappa shape index (κ3) is 3.67. The van der Waals surface area contributed by atoms with E-state index in [-0.39, 0.29) is 17.9 Å². The predicted molar refractivity (Wildman–Crippen MR) is 127 cm³/mol. The Kier molecular flexibility index (Phi) is 5.83. The number of carbonyl (C=O) groups excluding carboxylic acids is 2. The van der Waals surface area contributed by atoms with E-state index in [2.05, 4.69) is 6.07 Å². The van der Waals surface area contributed by atoms with Gasteiger partial charge < -0.3 is 14.4 Å². The normalized spacial score (nSPS) is 19.2. The summed E-state index contributed by atoms with van der Waals surface area (Å²) in [5.41, 5.74) is 3.84. The summed E-state index contributed by atoms with van der Waals surface area (Å²) in [6.07, 6.45) is 7.03. The number of ether oxygens (including phenoxy) is 2. The number of fused-ring (bicyclic) bond motifs is 1. The molecule has 0 aromatic heterocycles. The Hall–Kier alpha value is -3.28. The third-order valence-corrected chi connectivity index (χ3v) is 7.11. The van der Waals surface area contributed by atoms with Gasteiger partial charge in [0.25, 0.3) is 11.8 Å². The molecular weight excluding hydrogens is 416 g/mol. The minimum absolute atomic E-state index is 0.0435. The fourth-order valence-electron chi connectivity index (χ4n) is 5.46. The molecule has 0 spiro atoms. The first-order valence-electron chi connectivity index (χ1n) is 11.8. The molecule has 0 N–H and O–H groups in total. The van der Waals surface area contributed by atoms with E-state index in [9.17, 15) is 9.59 Å². The SMILES string of the molecule is COc1ccc(C2=C(N3CCc4ccccc43)C(=O)N(C3CCCCCC3)C2=O)cc1OC. The molecule has 2 aromatic rings. The van der Waals surface area contributed by atoms with E-state index in [1.165, 1.54) is 5.56 Å². The van der Waals surface area contributed by atoms with Crippen LogP contribution in [0.25, 0.3) is 5.57 Å². The van der Waals surface area contributed by atoms with Gasteiger partial charge >= 0.3 is 0 Å². The Bertz CT molecular complexity index is 1110. The van der Waals surface area contributed by atoms with Crippen LogP contribution in [-0.2, 0) is 16.0 Å². The lowest BCUT2D eigenvalue weighted by Gasteiger charge is -2.27. The van der Waals surface area contributed by atoms with Gasteiger partial charge in [0.05, 0.1) is 19.8 Å². The highest BCUT2D eigenvalue weighted by molar-refractivity contribution is 6.37. The van der Waals surface area contributed by atoms with Crippen molar-refractivity contribution in [2.45, 2.75) is 51.0 Å². The molecular formula is C27H30N2O4. The molecule has 0 radical (unpaired) electrons. The smallest absolute Gasteiger partial charge is 0.278 e. The first-order valence-corrected chi connectivity index (χ1v) is 11.8. The Morgan fingerprint density at radius 1 is 0.848 bits per heavy atom. The highest BCUT2D eigenvalue weighted by Crippen LogP contribution is 2.42. The Balaban J connectivity index is 1.64. The summed E-state index contributed by atoms with van der Waals surface area (Å²) >= 11 is 0. The van der Waals surface area contributed by atoms with Gasteiger partial charge in [-0.3, -0.25) is 14.5 Å². The van der Waals surface area contributed by atoms with Gasteiger partial charge in [-0.1, -0.05) is 49.9 Å². The number of benzene rings is 2. The first kappa shape index (κ1) is 21.6. The van der Waals surface area contributed by atoms with E-state index in [0.29, 0.717) is 34.9 Å². The van der Waals surface area contributed by atoms with Crippen LogP contribution in [0.3, 0.4) is 0 Å². The zero-order valence-electron chi connectivity index (χ0n) is 19.3. The second kappa shape index (κ2) is 8.93. The number of imide groups is 1. The van der Waals surface area contributed by atoms with Crippen molar-refractivity contribution in [3.8, 4) is 11.5 Å². The van der Waals surface area contributed by atoms with Crippen molar-refractivity contribution in [2.75, 3.05) is 25.7 Å². The fraction of sp³-hybridized carbons (Fsp3) is 0.407. The van der Waals surface area contributed by atoms with Crippen LogP contribution in [0, 0.1) is 0 Å². The van der Waals surface area contributed by atoms with E-state index in [4.69, 9.17) is 9.47 Å². The molecule has 5 rings (SSSR count). The van der Waals surface area contributed by atoms with Crippen molar-refractivity contribution in [3.05, 3.63) is 59.3 Å². The van der Waals surface area contributed by atoms with Gasteiger partial charge in [0.2, 0.25) is 0 Å². The lowest BCUT2D eigenvalue weighted by molar-refractivity contribution is -0.139. The van der Waals surface area contributed by atoms with E-state index in [0.717, 1.165) is 50.6 Å². The molecule has 3 aliphatic rings. The van der Waals surface area contributed by atoms with Crippen LogP contribution in [0.4, 0.5) is 5.69 Å². The van der Waals surface area contributed by atoms with Crippen molar-refractivity contribution >= 4 is 23.1 Å². The van der Waals surface area contributed by atoms with E-state index in [1.807, 2.05) is 29.2 Å². The summed E-state index contributed by atoms with van der Waals surface area (Å²) in [6, 6.07) is 13.5. The quantitative estimate of drug-likeness (QED) is 0.497. The van der Waals surface area contributed by atoms with Gasteiger partial charge in [-0.2, -0.15) is 0 Å². The molecule has 0 atom stereocenters. The lowest BCUT2D eigenvalue weighted by Crippen LogP contribution is -2.42. The zero-order valence-corrected chi connectivity index (χ0v) is 19.3. The molecule has 2 aromatic carbocycles. The van der Waals surface area contributed by atoms with Crippen LogP contribution in [0.2, 0.25) is 0 Å². The second-order valence-corrected chi connectivity index (χ2v) is 8.95. The molecule has 1 fully saturated rings. The number of para-hydroxylation sites is 1. The Morgan fingerprint density at radius 3 is 2.30 bits per heavy atom. The summed E-state index contributed by atoms with van der Waals surface area (Å²) in [5, 5.41) is 0. The number of hydrogen-bond acceptors (Lipinski definition) is 5. The molecule has 0 saturated heterocycles. The molecule has 6 nitrogen and oxygen atoms in total. The predicted octanol–water partition coefficient (Wildman–Crippen LogP) is 4.57. The number of amides is 2. The zero-order chi connectivity index (χ0) is 22.9. The number of carbonyl (C=O) groups is 2. The highest BCUT2D eigenvalue weighted by Gasteiger charge is 2.46. The van der Waals surface area contributed by atoms with Gasteiger partial charge in [-0.15, -0.1) is 0 Å². The standard InChI is InChI=1S/C27H30N2O4/c1-32-22-14-13-19(17-23(22)33-2)24-25(28-16-15-18-9-7-8-12-21(18)28)27(31)29(26(24)30)20-10-5-3-4-6-11-20/h7-9,12-14,17,20H,3-6,10-11,15-16H2,1-2H3. The maximum Gasteiger partial charge on any atom is 0.278 e. The van der Waals surface area contributed by atoms with Crippen molar-refractivity contribution in [1.82, 2.24) is 4.90 Å². The largest absolute Gasteiger partial charge is 0.493 e. The van der Waals surface area contributed by atoms with Gasteiger partial charge in [-0.05, 0) is 48.6 Å². The van der Waals surface area contributed by atoms with Crippen LogP contribution >= 0.6 is 0 Å². The van der Waals surface area contributed by atoms with Crippen LogP contribution < -0.4 is 14.4 Å². The molecule has 33 heavy (non-hydrogen) atoms. The number of rotatable bonds is 5. The summed E-state index contributed by atoms with van der Waals surface area (Å²) in [4.78, 5) is 31.4. The van der Waals surface area contributed by atoms with Gasteiger partial charge in [0, 0.05) is 18.3 Å². The first-order chi connectivity index (χ1) is 16.1. The average Bonchev–Trinajstić information content (AvgIpc) is 3.23. The summed E-state index contributed by atoms with van der Waals surface area (Å²) in [5.74, 6) is 0.760. The molecule has 1 saturated carbocycles. The van der Waals surface area contributed by atoms with E-state index >= 15 is 0 Å². The molecule has 0 bridgehead atoms. The number of nitrogens with zero attached hydrogens (tertiary/aromatic N) is 2. The number of methoxy groups -OCH3 is 2. The van der Waals surface area contributed by atoms with Gasteiger partial charge in [-0.25, -0.2) is 0 Å². The van der Waals surface area contributed by atoms with Crippen LogP contribution in [0.5, 0.6) is 11.5 Å².